The fourth-order valence-corrected chi connectivity index (χ4v) is 3.05. The summed E-state index contributed by atoms with van der Waals surface area (Å²) < 4.78 is 14.2. The van der Waals surface area contributed by atoms with E-state index in [1.165, 1.54) is 18.9 Å². The van der Waals surface area contributed by atoms with Crippen molar-refractivity contribution in [1.82, 2.24) is 5.32 Å². The van der Waals surface area contributed by atoms with Crippen molar-refractivity contribution in [3.63, 3.8) is 0 Å². The highest BCUT2D eigenvalue weighted by atomic mass is 19.1. The number of benzene rings is 1. The lowest BCUT2D eigenvalue weighted by Gasteiger charge is -2.30. The Morgan fingerprint density at radius 1 is 1.33 bits per heavy atom. The molecule has 1 aliphatic rings. The minimum atomic E-state index is -0.348. The van der Waals surface area contributed by atoms with Crippen LogP contribution in [0, 0.1) is 5.82 Å². The number of rotatable bonds is 7. The van der Waals surface area contributed by atoms with Gasteiger partial charge in [-0.05, 0) is 38.3 Å². The van der Waals surface area contributed by atoms with Crippen LogP contribution in [0.2, 0.25) is 0 Å². The van der Waals surface area contributed by atoms with Crippen LogP contribution in [0.25, 0.3) is 0 Å². The second-order valence-electron chi connectivity index (χ2n) is 6.25. The van der Waals surface area contributed by atoms with Gasteiger partial charge in [0.2, 0.25) is 0 Å². The van der Waals surface area contributed by atoms with Crippen LogP contribution in [-0.2, 0) is 6.54 Å². The Morgan fingerprint density at radius 3 is 2.67 bits per heavy atom. The normalized spacial score (nSPS) is 18.0. The number of hydrogen-bond donors (Lipinski definition) is 2. The Labute approximate surface area is 127 Å². The molecule has 0 bridgehead atoms. The van der Waals surface area contributed by atoms with Gasteiger partial charge in [-0.1, -0.05) is 19.4 Å². The van der Waals surface area contributed by atoms with Crippen molar-refractivity contribution in [1.29, 1.82) is 0 Å². The van der Waals surface area contributed by atoms with Gasteiger partial charge in [0.05, 0.1) is 6.61 Å². The minimum Gasteiger partial charge on any atom is -0.394 e. The number of aliphatic hydroxyl groups is 1. The Hall–Kier alpha value is -1.13. The molecule has 0 aromatic heterocycles. The molecule has 118 valence electrons. The van der Waals surface area contributed by atoms with E-state index in [9.17, 15) is 9.50 Å². The zero-order valence-corrected chi connectivity index (χ0v) is 13.2. The van der Waals surface area contributed by atoms with E-state index in [1.54, 1.807) is 6.07 Å². The summed E-state index contributed by atoms with van der Waals surface area (Å²) in [5.41, 5.74) is 1.37. The summed E-state index contributed by atoms with van der Waals surface area (Å²) in [6, 6.07) is 5.30. The number of aliphatic hydroxyl groups excluding tert-OH is 1. The molecule has 4 heteroatoms. The molecular weight excluding hydrogens is 267 g/mol. The molecule has 1 atom stereocenters. The van der Waals surface area contributed by atoms with Gasteiger partial charge >= 0.3 is 0 Å². The Balaban J connectivity index is 2.15. The first kappa shape index (κ1) is 16.2. The van der Waals surface area contributed by atoms with Gasteiger partial charge in [-0.3, -0.25) is 0 Å². The highest BCUT2D eigenvalue weighted by Crippen LogP contribution is 2.27. The van der Waals surface area contributed by atoms with E-state index in [0.717, 1.165) is 37.2 Å². The summed E-state index contributed by atoms with van der Waals surface area (Å²) in [6.07, 6.45) is 4.21. The summed E-state index contributed by atoms with van der Waals surface area (Å²) in [7, 11) is 0. The van der Waals surface area contributed by atoms with Gasteiger partial charge < -0.3 is 15.3 Å². The first-order chi connectivity index (χ1) is 10.1. The molecule has 0 amide bonds. The summed E-state index contributed by atoms with van der Waals surface area (Å²) in [5.74, 6) is -0.163. The highest BCUT2D eigenvalue weighted by Gasteiger charge is 2.24. The largest absolute Gasteiger partial charge is 0.394 e. The molecule has 1 aliphatic heterocycles. The van der Waals surface area contributed by atoms with Crippen molar-refractivity contribution < 1.29 is 9.50 Å². The number of anilines is 1. The summed E-state index contributed by atoms with van der Waals surface area (Å²) in [6.45, 7) is 6.61. The molecule has 1 heterocycles. The lowest BCUT2D eigenvalue weighted by molar-refractivity contribution is 0.163. The molecule has 1 aromatic carbocycles. The summed E-state index contributed by atoms with van der Waals surface area (Å²) in [4.78, 5) is 2.26. The fraction of sp³-hybridized carbons (Fsp3) is 0.647. The first-order valence-electron chi connectivity index (χ1n) is 7.98. The maximum Gasteiger partial charge on any atom is 0.129 e. The van der Waals surface area contributed by atoms with Crippen LogP contribution in [0.1, 0.15) is 45.1 Å². The molecule has 0 aliphatic carbocycles. The van der Waals surface area contributed by atoms with Crippen LogP contribution < -0.4 is 10.2 Å². The van der Waals surface area contributed by atoms with Crippen LogP contribution in [0.15, 0.2) is 18.2 Å². The fourth-order valence-electron chi connectivity index (χ4n) is 3.05. The second kappa shape index (κ2) is 7.23. The molecule has 21 heavy (non-hydrogen) atoms. The zero-order valence-electron chi connectivity index (χ0n) is 13.2. The van der Waals surface area contributed by atoms with Crippen molar-refractivity contribution in [2.24, 2.45) is 0 Å². The van der Waals surface area contributed by atoms with Crippen LogP contribution in [0.4, 0.5) is 10.1 Å². The molecule has 0 saturated carbocycles. The number of hydrogen-bond acceptors (Lipinski definition) is 3. The standard InChI is InChI=1S/C17H27FN2O/c1-3-9-17(2,13-21)19-12-14-15(18)7-6-8-16(14)20-10-4-5-11-20/h6-8,19,21H,3-5,9-13H2,1-2H3. The quantitative estimate of drug-likeness (QED) is 0.811. The second-order valence-corrected chi connectivity index (χ2v) is 6.25. The van der Waals surface area contributed by atoms with Gasteiger partial charge in [0.25, 0.3) is 0 Å². The van der Waals surface area contributed by atoms with Crippen LogP contribution in [0.3, 0.4) is 0 Å². The smallest absolute Gasteiger partial charge is 0.129 e. The van der Waals surface area contributed by atoms with E-state index in [0.29, 0.717) is 6.54 Å². The summed E-state index contributed by atoms with van der Waals surface area (Å²) >= 11 is 0. The van der Waals surface area contributed by atoms with Gasteiger partial charge in [-0.2, -0.15) is 0 Å². The van der Waals surface area contributed by atoms with Crippen molar-refractivity contribution >= 4 is 5.69 Å². The monoisotopic (exact) mass is 294 g/mol. The zero-order chi connectivity index (χ0) is 15.3. The van der Waals surface area contributed by atoms with Crippen LogP contribution >= 0.6 is 0 Å². The summed E-state index contributed by atoms with van der Waals surface area (Å²) in [5, 5.41) is 12.9. The van der Waals surface area contributed by atoms with E-state index >= 15 is 0 Å². The SMILES string of the molecule is CCCC(C)(CO)NCc1c(F)cccc1N1CCCC1. The molecule has 1 fully saturated rings. The van der Waals surface area contributed by atoms with Crippen molar-refractivity contribution in [2.75, 3.05) is 24.6 Å². The van der Waals surface area contributed by atoms with E-state index in [-0.39, 0.29) is 18.0 Å². The molecular formula is C17H27FN2O. The Kier molecular flexibility index (Phi) is 5.59. The first-order valence-corrected chi connectivity index (χ1v) is 7.98. The van der Waals surface area contributed by atoms with Gasteiger partial charge in [-0.25, -0.2) is 4.39 Å². The van der Waals surface area contributed by atoms with Gasteiger partial charge in [0.1, 0.15) is 5.82 Å². The molecule has 1 unspecified atom stereocenters. The number of halogens is 1. The molecule has 1 saturated heterocycles. The van der Waals surface area contributed by atoms with Gasteiger partial charge in [0, 0.05) is 36.4 Å². The maximum atomic E-state index is 14.2. The van der Waals surface area contributed by atoms with E-state index in [2.05, 4.69) is 17.1 Å². The average Bonchev–Trinajstić information content (AvgIpc) is 3.00. The lowest BCUT2D eigenvalue weighted by atomic mass is 9.96. The Morgan fingerprint density at radius 2 is 2.05 bits per heavy atom. The van der Waals surface area contributed by atoms with Crippen LogP contribution in [0.5, 0.6) is 0 Å². The van der Waals surface area contributed by atoms with E-state index < -0.39 is 0 Å². The molecule has 2 N–H and O–H groups in total. The van der Waals surface area contributed by atoms with Gasteiger partial charge in [-0.15, -0.1) is 0 Å². The van der Waals surface area contributed by atoms with Gasteiger partial charge in [0.15, 0.2) is 0 Å². The third-order valence-electron chi connectivity index (χ3n) is 4.38. The Bertz CT molecular complexity index is 460. The minimum absolute atomic E-state index is 0.0638. The van der Waals surface area contributed by atoms with E-state index in [1.807, 2.05) is 13.0 Å². The van der Waals surface area contributed by atoms with Crippen molar-refractivity contribution in [3.05, 3.63) is 29.6 Å². The van der Waals surface area contributed by atoms with Crippen molar-refractivity contribution in [3.8, 4) is 0 Å². The van der Waals surface area contributed by atoms with E-state index in [4.69, 9.17) is 0 Å². The highest BCUT2D eigenvalue weighted by molar-refractivity contribution is 5.54. The number of nitrogens with zero attached hydrogens (tertiary/aromatic N) is 1. The molecule has 2 rings (SSSR count). The number of nitrogens with one attached hydrogen (secondary N) is 1. The molecule has 0 radical (unpaired) electrons. The third-order valence-corrected chi connectivity index (χ3v) is 4.38. The predicted molar refractivity (Wildman–Crippen MR) is 85.1 cm³/mol. The predicted octanol–water partition coefficient (Wildman–Crippen LogP) is 3.07. The maximum absolute atomic E-state index is 14.2. The lowest BCUT2D eigenvalue weighted by Crippen LogP contribution is -2.45. The topological polar surface area (TPSA) is 35.5 Å². The molecule has 1 aromatic rings. The van der Waals surface area contributed by atoms with Crippen molar-refractivity contribution in [2.45, 2.75) is 51.6 Å². The van der Waals surface area contributed by atoms with Crippen LogP contribution in [-0.4, -0.2) is 30.3 Å². The third kappa shape index (κ3) is 3.95. The molecule has 0 spiro atoms. The average molecular weight is 294 g/mol. The molecule has 3 nitrogen and oxygen atoms in total.